The van der Waals surface area contributed by atoms with E-state index < -0.39 is 6.10 Å². The number of hydrogen-bond donors (Lipinski definition) is 0. The second kappa shape index (κ2) is 52.3. The Labute approximate surface area is 391 Å². The second-order valence-corrected chi connectivity index (χ2v) is 18.5. The lowest BCUT2D eigenvalue weighted by molar-refractivity contribution is -0.167. The van der Waals surface area contributed by atoms with Crippen molar-refractivity contribution in [3.05, 3.63) is 36.5 Å². The molecule has 0 aromatic heterocycles. The van der Waals surface area contributed by atoms with Crippen molar-refractivity contribution >= 4 is 17.9 Å². The zero-order chi connectivity index (χ0) is 45.8. The van der Waals surface area contributed by atoms with E-state index in [0.29, 0.717) is 19.3 Å². The molecule has 63 heavy (non-hydrogen) atoms. The molecular weight excluding hydrogens is 781 g/mol. The van der Waals surface area contributed by atoms with E-state index in [1.165, 1.54) is 161 Å². The van der Waals surface area contributed by atoms with Crippen LogP contribution in [-0.4, -0.2) is 37.2 Å². The smallest absolute Gasteiger partial charge is 0.306 e. The van der Waals surface area contributed by atoms with E-state index in [9.17, 15) is 14.4 Å². The van der Waals surface area contributed by atoms with Gasteiger partial charge in [-0.1, -0.05) is 237 Å². The molecule has 0 saturated carbocycles. The van der Waals surface area contributed by atoms with Crippen LogP contribution in [0.2, 0.25) is 0 Å². The third-order valence-electron chi connectivity index (χ3n) is 12.1. The number of esters is 3. The molecular formula is C57H104O6. The molecule has 0 heterocycles. The van der Waals surface area contributed by atoms with Crippen LogP contribution in [-0.2, 0) is 28.6 Å². The van der Waals surface area contributed by atoms with E-state index in [-0.39, 0.29) is 31.1 Å². The summed E-state index contributed by atoms with van der Waals surface area (Å²) in [6.45, 7) is 6.60. The first kappa shape index (κ1) is 60.6. The van der Waals surface area contributed by atoms with Gasteiger partial charge in [-0.2, -0.15) is 0 Å². The van der Waals surface area contributed by atoms with Gasteiger partial charge in [-0.25, -0.2) is 0 Å². The number of unbranched alkanes of at least 4 members (excludes halogenated alkanes) is 33. The van der Waals surface area contributed by atoms with Crippen molar-refractivity contribution in [2.24, 2.45) is 0 Å². The number of carbonyl (C=O) groups excluding carboxylic acids is 3. The van der Waals surface area contributed by atoms with Crippen LogP contribution in [0, 0.1) is 0 Å². The number of rotatable bonds is 50. The quantitative estimate of drug-likeness (QED) is 0.0262. The first-order valence-electron chi connectivity index (χ1n) is 27.5. The molecule has 0 N–H and O–H groups in total. The Morgan fingerprint density at radius 2 is 0.587 bits per heavy atom. The Kier molecular flexibility index (Phi) is 50.3. The van der Waals surface area contributed by atoms with Gasteiger partial charge in [0.05, 0.1) is 0 Å². The average Bonchev–Trinajstić information content (AvgIpc) is 3.28. The highest BCUT2D eigenvalue weighted by Gasteiger charge is 2.19. The third kappa shape index (κ3) is 50.5. The summed E-state index contributed by atoms with van der Waals surface area (Å²) in [5.41, 5.74) is 0. The average molecular weight is 885 g/mol. The van der Waals surface area contributed by atoms with Crippen LogP contribution in [0.1, 0.15) is 290 Å². The summed E-state index contributed by atoms with van der Waals surface area (Å²) in [7, 11) is 0. The van der Waals surface area contributed by atoms with Crippen molar-refractivity contribution in [2.45, 2.75) is 297 Å². The van der Waals surface area contributed by atoms with Crippen LogP contribution >= 0.6 is 0 Å². The number of carbonyl (C=O) groups is 3. The lowest BCUT2D eigenvalue weighted by Gasteiger charge is -2.18. The van der Waals surface area contributed by atoms with Gasteiger partial charge in [-0.15, -0.1) is 0 Å². The fourth-order valence-electron chi connectivity index (χ4n) is 7.93. The molecule has 0 radical (unpaired) electrons. The van der Waals surface area contributed by atoms with Gasteiger partial charge in [0.1, 0.15) is 13.2 Å². The third-order valence-corrected chi connectivity index (χ3v) is 12.1. The molecule has 0 fully saturated rings. The number of ether oxygens (including phenoxy) is 3. The van der Waals surface area contributed by atoms with Crippen LogP contribution in [0.25, 0.3) is 0 Å². The Bertz CT molecular complexity index is 1060. The van der Waals surface area contributed by atoms with E-state index in [4.69, 9.17) is 14.2 Å². The van der Waals surface area contributed by atoms with Gasteiger partial charge in [-0.3, -0.25) is 14.4 Å². The molecule has 6 heteroatoms. The SMILES string of the molecule is CCCC/C=C\C/C=C\CCCCCCCC(=O)OC(COC(=O)CCCCCCC/C=C\CCCCCC)COC(=O)CCCCCCCCCCCCCCCCCCCC. The molecule has 0 bridgehead atoms. The van der Waals surface area contributed by atoms with Crippen LogP contribution in [0.4, 0.5) is 0 Å². The summed E-state index contributed by atoms with van der Waals surface area (Å²) >= 11 is 0. The highest BCUT2D eigenvalue weighted by molar-refractivity contribution is 5.71. The number of allylic oxidation sites excluding steroid dienone is 6. The molecule has 0 aliphatic heterocycles. The fraction of sp³-hybridized carbons (Fsp3) is 0.842. The number of hydrogen-bond acceptors (Lipinski definition) is 6. The van der Waals surface area contributed by atoms with Crippen molar-refractivity contribution in [2.75, 3.05) is 13.2 Å². The second-order valence-electron chi connectivity index (χ2n) is 18.5. The van der Waals surface area contributed by atoms with E-state index >= 15 is 0 Å². The Morgan fingerprint density at radius 3 is 0.952 bits per heavy atom. The van der Waals surface area contributed by atoms with Crippen molar-refractivity contribution in [1.29, 1.82) is 0 Å². The Morgan fingerprint density at radius 1 is 0.317 bits per heavy atom. The maximum atomic E-state index is 12.8. The summed E-state index contributed by atoms with van der Waals surface area (Å²) < 4.78 is 16.8. The zero-order valence-electron chi connectivity index (χ0n) is 42.1. The van der Waals surface area contributed by atoms with Crippen LogP contribution < -0.4 is 0 Å². The predicted molar refractivity (Wildman–Crippen MR) is 270 cm³/mol. The van der Waals surface area contributed by atoms with Crippen molar-refractivity contribution < 1.29 is 28.6 Å². The van der Waals surface area contributed by atoms with Gasteiger partial charge >= 0.3 is 17.9 Å². The first-order valence-corrected chi connectivity index (χ1v) is 27.5. The molecule has 1 atom stereocenters. The van der Waals surface area contributed by atoms with E-state index in [1.807, 2.05) is 0 Å². The molecule has 0 aliphatic carbocycles. The monoisotopic (exact) mass is 885 g/mol. The lowest BCUT2D eigenvalue weighted by Crippen LogP contribution is -2.30. The molecule has 0 saturated heterocycles. The molecule has 6 nitrogen and oxygen atoms in total. The Balaban J connectivity index is 4.34. The van der Waals surface area contributed by atoms with Gasteiger partial charge in [0.2, 0.25) is 0 Å². The largest absolute Gasteiger partial charge is 0.462 e. The van der Waals surface area contributed by atoms with Gasteiger partial charge < -0.3 is 14.2 Å². The van der Waals surface area contributed by atoms with Crippen molar-refractivity contribution in [3.63, 3.8) is 0 Å². The summed E-state index contributed by atoms with van der Waals surface area (Å²) in [5.74, 6) is -0.887. The first-order chi connectivity index (χ1) is 31.0. The predicted octanol–water partition coefficient (Wildman–Crippen LogP) is 18.1. The molecule has 0 amide bonds. The molecule has 1 unspecified atom stereocenters. The standard InChI is InChI=1S/C57H104O6/c1-4-7-10-13-16-19-22-25-27-28-29-30-33-35-38-41-44-47-50-56(59)62-53-54(52-61-55(58)49-46-43-40-37-34-31-24-21-18-15-12-9-6-3)63-57(60)51-48-45-42-39-36-32-26-23-20-17-14-11-8-5-2/h14,17,21,23-24,26,54H,4-13,15-16,18-20,22,25,27-53H2,1-3H3/b17-14-,24-21-,26-23-. The minimum Gasteiger partial charge on any atom is -0.462 e. The topological polar surface area (TPSA) is 78.9 Å². The van der Waals surface area contributed by atoms with Crippen molar-refractivity contribution in [3.8, 4) is 0 Å². The van der Waals surface area contributed by atoms with Gasteiger partial charge in [0.15, 0.2) is 6.10 Å². The zero-order valence-corrected chi connectivity index (χ0v) is 42.1. The Hall–Kier alpha value is -2.37. The maximum absolute atomic E-state index is 12.8. The molecule has 0 spiro atoms. The molecule has 0 aliphatic rings. The lowest BCUT2D eigenvalue weighted by atomic mass is 10.0. The van der Waals surface area contributed by atoms with E-state index in [1.54, 1.807) is 0 Å². The minimum absolute atomic E-state index is 0.0772. The summed E-state index contributed by atoms with van der Waals surface area (Å²) in [6.07, 6.45) is 61.3. The summed E-state index contributed by atoms with van der Waals surface area (Å²) in [5, 5.41) is 0. The van der Waals surface area contributed by atoms with Crippen LogP contribution in [0.15, 0.2) is 36.5 Å². The summed E-state index contributed by atoms with van der Waals surface area (Å²) in [6, 6.07) is 0. The van der Waals surface area contributed by atoms with E-state index in [0.717, 1.165) is 89.9 Å². The minimum atomic E-state index is -0.779. The van der Waals surface area contributed by atoms with E-state index in [2.05, 4.69) is 57.2 Å². The maximum Gasteiger partial charge on any atom is 0.306 e. The molecule has 0 aromatic rings. The van der Waals surface area contributed by atoms with Crippen LogP contribution in [0.3, 0.4) is 0 Å². The molecule has 368 valence electrons. The van der Waals surface area contributed by atoms with Crippen molar-refractivity contribution in [1.82, 2.24) is 0 Å². The summed E-state index contributed by atoms with van der Waals surface area (Å²) in [4.78, 5) is 38.0. The molecule has 0 aromatic carbocycles. The van der Waals surface area contributed by atoms with Gasteiger partial charge in [-0.05, 0) is 70.6 Å². The fourth-order valence-corrected chi connectivity index (χ4v) is 7.93. The van der Waals surface area contributed by atoms with Gasteiger partial charge in [0.25, 0.3) is 0 Å². The molecule has 0 rings (SSSR count). The highest BCUT2D eigenvalue weighted by Crippen LogP contribution is 2.16. The van der Waals surface area contributed by atoms with Gasteiger partial charge in [0, 0.05) is 19.3 Å². The normalized spacial score (nSPS) is 12.2. The highest BCUT2D eigenvalue weighted by atomic mass is 16.6. The van der Waals surface area contributed by atoms with Crippen LogP contribution in [0.5, 0.6) is 0 Å².